The van der Waals surface area contributed by atoms with Gasteiger partial charge in [-0.1, -0.05) is 46.4 Å². The summed E-state index contributed by atoms with van der Waals surface area (Å²) >= 11 is 23.8. The fourth-order valence-electron chi connectivity index (χ4n) is 1.87. The Morgan fingerprint density at radius 2 is 1.68 bits per heavy atom. The molecular formula is C13H6Cl4N4O. The van der Waals surface area contributed by atoms with E-state index < -0.39 is 0 Å². The molecule has 2 N–H and O–H groups in total. The van der Waals surface area contributed by atoms with Crippen molar-refractivity contribution in [3.8, 4) is 5.88 Å². The molecular weight excluding hydrogens is 370 g/mol. The molecule has 112 valence electrons. The molecule has 0 aliphatic heterocycles. The van der Waals surface area contributed by atoms with Gasteiger partial charge in [0.1, 0.15) is 0 Å². The lowest BCUT2D eigenvalue weighted by Crippen LogP contribution is -1.75. The third-order valence-electron chi connectivity index (χ3n) is 2.81. The van der Waals surface area contributed by atoms with E-state index in [4.69, 9.17) is 46.4 Å². The lowest BCUT2D eigenvalue weighted by atomic mass is 10.2. The largest absolute Gasteiger partial charge is 0.493 e. The Morgan fingerprint density at radius 3 is 2.41 bits per heavy atom. The van der Waals surface area contributed by atoms with Gasteiger partial charge >= 0.3 is 0 Å². The van der Waals surface area contributed by atoms with Crippen LogP contribution in [0.1, 0.15) is 0 Å². The quantitative estimate of drug-likeness (QED) is 0.516. The van der Waals surface area contributed by atoms with Crippen LogP contribution in [0.5, 0.6) is 5.88 Å². The normalized spacial score (nSPS) is 11.6. The van der Waals surface area contributed by atoms with Crippen molar-refractivity contribution in [2.75, 3.05) is 0 Å². The molecule has 22 heavy (non-hydrogen) atoms. The molecule has 0 amide bonds. The molecule has 0 aliphatic rings. The van der Waals surface area contributed by atoms with Gasteiger partial charge in [-0.15, -0.1) is 10.2 Å². The second kappa shape index (κ2) is 5.93. The molecule has 2 aromatic heterocycles. The summed E-state index contributed by atoms with van der Waals surface area (Å²) in [6.45, 7) is 0. The predicted octanol–water partition coefficient (Wildman–Crippen LogP) is 6.30. The van der Waals surface area contributed by atoms with Crippen molar-refractivity contribution >= 4 is 68.8 Å². The molecule has 9 heteroatoms. The van der Waals surface area contributed by atoms with Gasteiger partial charge < -0.3 is 10.1 Å². The Morgan fingerprint density at radius 1 is 0.955 bits per heavy atom. The molecule has 0 fully saturated rings. The minimum atomic E-state index is -0.187. The molecule has 0 atom stereocenters. The summed E-state index contributed by atoms with van der Waals surface area (Å²) in [5.41, 5.74) is 0.694. The van der Waals surface area contributed by atoms with Crippen molar-refractivity contribution < 1.29 is 5.11 Å². The first kappa shape index (κ1) is 15.4. The monoisotopic (exact) mass is 374 g/mol. The van der Waals surface area contributed by atoms with E-state index in [1.165, 1.54) is 12.3 Å². The van der Waals surface area contributed by atoms with Gasteiger partial charge in [-0.3, -0.25) is 0 Å². The second-order valence-electron chi connectivity index (χ2n) is 4.29. The number of hydrogen-bond acceptors (Lipinski definition) is 4. The van der Waals surface area contributed by atoms with E-state index in [-0.39, 0.29) is 22.4 Å². The highest BCUT2D eigenvalue weighted by atomic mass is 35.5. The van der Waals surface area contributed by atoms with Gasteiger partial charge in [0.15, 0.2) is 11.5 Å². The highest BCUT2D eigenvalue weighted by molar-refractivity contribution is 6.39. The number of fused-ring (bicyclic) bond motifs is 1. The van der Waals surface area contributed by atoms with E-state index in [0.29, 0.717) is 26.0 Å². The molecule has 1 aromatic carbocycles. The average Bonchev–Trinajstić information content (AvgIpc) is 2.75. The summed E-state index contributed by atoms with van der Waals surface area (Å²) < 4.78 is 0. The van der Waals surface area contributed by atoms with Crippen LogP contribution in [0.3, 0.4) is 0 Å². The van der Waals surface area contributed by atoms with E-state index in [1.54, 1.807) is 12.1 Å². The van der Waals surface area contributed by atoms with Gasteiger partial charge in [-0.25, -0.2) is 4.98 Å². The molecule has 0 saturated heterocycles. The second-order valence-corrected chi connectivity index (χ2v) is 5.98. The summed E-state index contributed by atoms with van der Waals surface area (Å²) in [5, 5.41) is 19.8. The van der Waals surface area contributed by atoms with Crippen molar-refractivity contribution in [1.29, 1.82) is 0 Å². The van der Waals surface area contributed by atoms with Crippen molar-refractivity contribution in [3.63, 3.8) is 0 Å². The maximum absolute atomic E-state index is 9.96. The van der Waals surface area contributed by atoms with Crippen LogP contribution in [0.2, 0.25) is 20.1 Å². The molecule has 3 aromatic rings. The topological polar surface area (TPSA) is 73.6 Å². The van der Waals surface area contributed by atoms with E-state index in [9.17, 15) is 5.11 Å². The summed E-state index contributed by atoms with van der Waals surface area (Å²) in [4.78, 5) is 6.67. The maximum Gasteiger partial charge on any atom is 0.218 e. The number of halogens is 4. The van der Waals surface area contributed by atoms with Crippen LogP contribution in [-0.4, -0.2) is 15.1 Å². The first-order chi connectivity index (χ1) is 10.5. The highest BCUT2D eigenvalue weighted by Gasteiger charge is 2.14. The number of pyridine rings is 1. The first-order valence-electron chi connectivity index (χ1n) is 5.88. The van der Waals surface area contributed by atoms with Gasteiger partial charge in [0.25, 0.3) is 0 Å². The number of benzene rings is 1. The van der Waals surface area contributed by atoms with Gasteiger partial charge in [0, 0.05) is 16.6 Å². The van der Waals surface area contributed by atoms with Crippen LogP contribution in [-0.2, 0) is 0 Å². The summed E-state index contributed by atoms with van der Waals surface area (Å²) in [7, 11) is 0. The first-order valence-corrected chi connectivity index (χ1v) is 7.39. The molecule has 5 nitrogen and oxygen atoms in total. The number of nitrogens with one attached hydrogen (secondary N) is 1. The van der Waals surface area contributed by atoms with Gasteiger partial charge in [-0.05, 0) is 18.2 Å². The predicted molar refractivity (Wildman–Crippen MR) is 88.4 cm³/mol. The summed E-state index contributed by atoms with van der Waals surface area (Å²) in [5.74, 6) is -0.0130. The maximum atomic E-state index is 9.96. The highest BCUT2D eigenvalue weighted by Crippen LogP contribution is 2.40. The van der Waals surface area contributed by atoms with E-state index in [2.05, 4.69) is 20.2 Å². The fraction of sp³-hybridized carbons (Fsp3) is 0. The van der Waals surface area contributed by atoms with Crippen LogP contribution in [0.4, 0.5) is 11.5 Å². The van der Waals surface area contributed by atoms with Gasteiger partial charge in [-0.2, -0.15) is 0 Å². The van der Waals surface area contributed by atoms with E-state index in [0.717, 1.165) is 0 Å². The number of rotatable bonds is 2. The minimum absolute atomic E-state index is 0.174. The Kier molecular flexibility index (Phi) is 4.14. The SMILES string of the molecule is Oc1[nH]c2c(Cl)cc(Cl)cc2c1N=Nc1ncc(Cl)cc1Cl. The number of H-pyrrole nitrogens is 1. The number of azo groups is 1. The van der Waals surface area contributed by atoms with Crippen LogP contribution in [0.25, 0.3) is 10.9 Å². The average molecular weight is 376 g/mol. The third kappa shape index (κ3) is 2.85. The van der Waals surface area contributed by atoms with Crippen molar-refractivity contribution in [2.24, 2.45) is 10.2 Å². The van der Waals surface area contributed by atoms with Gasteiger partial charge in [0.05, 0.1) is 20.6 Å². The molecule has 0 bridgehead atoms. The minimum Gasteiger partial charge on any atom is -0.493 e. The van der Waals surface area contributed by atoms with Crippen molar-refractivity contribution in [3.05, 3.63) is 44.5 Å². The van der Waals surface area contributed by atoms with Crippen molar-refractivity contribution in [2.45, 2.75) is 0 Å². The molecule has 0 radical (unpaired) electrons. The number of aromatic nitrogens is 2. The number of aromatic hydroxyl groups is 1. The Balaban J connectivity index is 2.10. The summed E-state index contributed by atoms with van der Waals surface area (Å²) in [6, 6.07) is 4.66. The smallest absolute Gasteiger partial charge is 0.218 e. The lowest BCUT2D eigenvalue weighted by molar-refractivity contribution is 0.459. The van der Waals surface area contributed by atoms with E-state index in [1.807, 2.05) is 0 Å². The van der Waals surface area contributed by atoms with Crippen LogP contribution in [0, 0.1) is 0 Å². The molecule has 0 saturated carbocycles. The third-order valence-corrected chi connectivity index (χ3v) is 3.81. The molecule has 0 unspecified atom stereocenters. The van der Waals surface area contributed by atoms with Crippen LogP contribution in [0.15, 0.2) is 34.6 Å². The number of aromatic amines is 1. The standard InChI is InChI=1S/C13H6Cl4N4O/c14-5-1-7-10(8(16)2-5)19-13(22)11(7)20-21-12-9(17)3-6(15)4-18-12/h1-4,19,22H. The number of hydrogen-bond donors (Lipinski definition) is 2. The fourth-order valence-corrected chi connectivity index (χ4v) is 2.83. The number of nitrogens with zero attached hydrogens (tertiary/aromatic N) is 3. The zero-order valence-corrected chi connectivity index (χ0v) is 13.6. The Bertz CT molecular complexity index is 907. The molecule has 3 rings (SSSR count). The van der Waals surface area contributed by atoms with Gasteiger partial charge in [0.2, 0.25) is 5.88 Å². The van der Waals surface area contributed by atoms with Crippen LogP contribution >= 0.6 is 46.4 Å². The van der Waals surface area contributed by atoms with Crippen LogP contribution < -0.4 is 0 Å². The van der Waals surface area contributed by atoms with Crippen molar-refractivity contribution in [1.82, 2.24) is 9.97 Å². The van der Waals surface area contributed by atoms with E-state index >= 15 is 0 Å². The lowest BCUT2D eigenvalue weighted by Gasteiger charge is -1.97. The zero-order chi connectivity index (χ0) is 15.9. The Labute approximate surface area is 144 Å². The molecule has 2 heterocycles. The molecule has 0 spiro atoms. The summed E-state index contributed by atoms with van der Waals surface area (Å²) in [6.07, 6.45) is 1.39. The Hall–Kier alpha value is -1.53. The molecule has 0 aliphatic carbocycles. The zero-order valence-electron chi connectivity index (χ0n) is 10.6.